The van der Waals surface area contributed by atoms with Crippen molar-refractivity contribution in [3.05, 3.63) is 60.0 Å². The van der Waals surface area contributed by atoms with E-state index >= 15 is 0 Å². The van der Waals surface area contributed by atoms with Gasteiger partial charge in [0.15, 0.2) is 6.29 Å². The lowest BCUT2D eigenvalue weighted by Gasteiger charge is -2.48. The molecule has 1 amide bonds. The van der Waals surface area contributed by atoms with Crippen molar-refractivity contribution in [2.75, 3.05) is 13.2 Å². The molecule has 10 heteroatoms. The van der Waals surface area contributed by atoms with E-state index in [-0.39, 0.29) is 17.9 Å². The molecule has 10 nitrogen and oxygen atoms in total. The van der Waals surface area contributed by atoms with Crippen LogP contribution in [0.2, 0.25) is 0 Å². The predicted octanol–water partition coefficient (Wildman–Crippen LogP) is 0.473. The quantitative estimate of drug-likeness (QED) is 0.383. The van der Waals surface area contributed by atoms with Crippen molar-refractivity contribution >= 4 is 16.8 Å². The number of piperidine rings is 1. The molecule has 4 aliphatic rings. The normalized spacial score (nSPS) is 38.0. The second-order valence-corrected chi connectivity index (χ2v) is 9.89. The molecule has 0 saturated carbocycles. The van der Waals surface area contributed by atoms with Crippen LogP contribution in [0.15, 0.2) is 48.8 Å². The SMILES string of the molecule is C=C[C@H]1C(O[C@@H]2O[C@H](CO)[C@@H](O)[C@H](O)[C@H]2O)OC=C2C(=O)N3CCc4c([nH]c5ccccc45)C3CC21. The maximum absolute atomic E-state index is 13.5. The predicted molar refractivity (Wildman–Crippen MR) is 126 cm³/mol. The van der Waals surface area contributed by atoms with Gasteiger partial charge >= 0.3 is 0 Å². The number of fused-ring (bicyclic) bond motifs is 6. The molecule has 5 N–H and O–H groups in total. The van der Waals surface area contributed by atoms with Crippen LogP contribution in [-0.2, 0) is 25.4 Å². The number of nitrogens with one attached hydrogen (secondary N) is 1. The van der Waals surface area contributed by atoms with Crippen LogP contribution in [0, 0.1) is 11.8 Å². The molecule has 2 aromatic rings. The smallest absolute Gasteiger partial charge is 0.253 e. The van der Waals surface area contributed by atoms with Crippen LogP contribution < -0.4 is 0 Å². The third-order valence-corrected chi connectivity index (χ3v) is 8.04. The van der Waals surface area contributed by atoms with Gasteiger partial charge in [-0.25, -0.2) is 0 Å². The Morgan fingerprint density at radius 3 is 2.75 bits per heavy atom. The Morgan fingerprint density at radius 2 is 1.97 bits per heavy atom. The number of aromatic amines is 1. The summed E-state index contributed by atoms with van der Waals surface area (Å²) >= 11 is 0. The van der Waals surface area contributed by atoms with E-state index in [0.717, 1.165) is 17.6 Å². The number of rotatable bonds is 4. The Kier molecular flexibility index (Phi) is 5.90. The number of H-pyrrole nitrogens is 1. The van der Waals surface area contributed by atoms with Crippen molar-refractivity contribution < 1.29 is 39.4 Å². The Hall–Kier alpha value is -2.73. The average molecular weight is 499 g/mol. The fourth-order valence-electron chi connectivity index (χ4n) is 6.13. The van der Waals surface area contributed by atoms with Crippen LogP contribution in [0.5, 0.6) is 0 Å². The number of aromatic nitrogens is 1. The molecule has 2 fully saturated rings. The third kappa shape index (κ3) is 3.52. The highest BCUT2D eigenvalue weighted by Gasteiger charge is 2.51. The maximum atomic E-state index is 13.5. The first kappa shape index (κ1) is 23.7. The third-order valence-electron chi connectivity index (χ3n) is 8.04. The highest BCUT2D eigenvalue weighted by atomic mass is 16.8. The molecule has 2 saturated heterocycles. The standard InChI is InChI=1S/C26H30N2O8/c1-2-12-15-9-18-20-14(13-5-3-4-6-17(13)27-20)7-8-28(18)24(33)16(15)11-34-25(12)36-26-23(32)22(31)21(30)19(10-29)35-26/h2-6,11-12,15,18-19,21-23,25-27,29-32H,1,7-10H2/t12-,15?,18?,19-,21-,22+,23-,25?,26+/m1/s1. The van der Waals surface area contributed by atoms with Crippen molar-refractivity contribution in [3.63, 3.8) is 0 Å². The molecule has 0 spiro atoms. The highest BCUT2D eigenvalue weighted by molar-refractivity contribution is 5.96. The van der Waals surface area contributed by atoms with Gasteiger partial charge in [0.2, 0.25) is 6.29 Å². The number of benzene rings is 1. The number of aliphatic hydroxyl groups is 4. The van der Waals surface area contributed by atoms with Crippen LogP contribution in [0.4, 0.5) is 0 Å². The second kappa shape index (κ2) is 8.98. The Labute approximate surface area is 207 Å². The number of carbonyl (C=O) groups excluding carboxylic acids is 1. The number of hydrogen-bond donors (Lipinski definition) is 5. The van der Waals surface area contributed by atoms with Crippen molar-refractivity contribution in [3.8, 4) is 0 Å². The zero-order valence-corrected chi connectivity index (χ0v) is 19.6. The molecule has 6 rings (SSSR count). The van der Waals surface area contributed by atoms with E-state index in [0.29, 0.717) is 18.5 Å². The number of hydrogen-bond acceptors (Lipinski definition) is 8. The van der Waals surface area contributed by atoms with Crippen molar-refractivity contribution in [1.29, 1.82) is 0 Å². The van der Waals surface area contributed by atoms with E-state index in [1.165, 1.54) is 17.2 Å². The number of para-hydroxylation sites is 1. The lowest BCUT2D eigenvalue weighted by atomic mass is 9.74. The molecule has 4 aliphatic heterocycles. The van der Waals surface area contributed by atoms with E-state index < -0.39 is 49.5 Å². The molecule has 0 bridgehead atoms. The van der Waals surface area contributed by atoms with Crippen LogP contribution in [0.25, 0.3) is 10.9 Å². The van der Waals surface area contributed by atoms with E-state index in [1.54, 1.807) is 6.08 Å². The zero-order valence-electron chi connectivity index (χ0n) is 19.6. The maximum Gasteiger partial charge on any atom is 0.253 e. The molecule has 9 atom stereocenters. The van der Waals surface area contributed by atoms with Gasteiger partial charge in [0, 0.05) is 35.0 Å². The summed E-state index contributed by atoms with van der Waals surface area (Å²) in [6, 6.07) is 8.01. The van der Waals surface area contributed by atoms with Gasteiger partial charge < -0.3 is 44.5 Å². The summed E-state index contributed by atoms with van der Waals surface area (Å²) in [4.78, 5) is 19.0. The van der Waals surface area contributed by atoms with Crippen LogP contribution >= 0.6 is 0 Å². The van der Waals surface area contributed by atoms with Gasteiger partial charge in [-0.05, 0) is 24.5 Å². The summed E-state index contributed by atoms with van der Waals surface area (Å²) in [6.45, 7) is 4.01. The fourth-order valence-corrected chi connectivity index (χ4v) is 6.13. The number of nitrogens with zero attached hydrogens (tertiary/aromatic N) is 1. The molecule has 1 aromatic heterocycles. The minimum atomic E-state index is -1.56. The molecule has 5 heterocycles. The number of aliphatic hydroxyl groups excluding tert-OH is 4. The largest absolute Gasteiger partial charge is 0.471 e. The van der Waals surface area contributed by atoms with Gasteiger partial charge in [-0.2, -0.15) is 0 Å². The van der Waals surface area contributed by atoms with E-state index in [4.69, 9.17) is 14.2 Å². The molecular weight excluding hydrogens is 468 g/mol. The lowest BCUT2D eigenvalue weighted by molar-refractivity contribution is -0.339. The second-order valence-electron chi connectivity index (χ2n) is 9.89. The van der Waals surface area contributed by atoms with Gasteiger partial charge in [0.25, 0.3) is 5.91 Å². The van der Waals surface area contributed by atoms with Crippen molar-refractivity contribution in [1.82, 2.24) is 9.88 Å². The van der Waals surface area contributed by atoms with Gasteiger partial charge in [-0.1, -0.05) is 24.3 Å². The number of carbonyl (C=O) groups is 1. The van der Waals surface area contributed by atoms with Crippen LogP contribution in [-0.4, -0.2) is 86.4 Å². The molecular formula is C26H30N2O8. The number of amides is 1. The molecule has 192 valence electrons. The number of ether oxygens (including phenoxy) is 3. The van der Waals surface area contributed by atoms with Crippen molar-refractivity contribution in [2.45, 2.75) is 55.9 Å². The lowest BCUT2D eigenvalue weighted by Crippen LogP contribution is -2.60. The van der Waals surface area contributed by atoms with Gasteiger partial charge in [-0.15, -0.1) is 6.58 Å². The Balaban J connectivity index is 1.28. The fraction of sp³-hybridized carbons (Fsp3) is 0.500. The van der Waals surface area contributed by atoms with E-state index in [1.807, 2.05) is 23.1 Å². The van der Waals surface area contributed by atoms with Crippen LogP contribution in [0.3, 0.4) is 0 Å². The highest BCUT2D eigenvalue weighted by Crippen LogP contribution is 2.48. The van der Waals surface area contributed by atoms with E-state index in [2.05, 4.69) is 17.6 Å². The molecule has 3 unspecified atom stereocenters. The zero-order chi connectivity index (χ0) is 25.1. The minimum Gasteiger partial charge on any atom is -0.471 e. The first-order chi connectivity index (χ1) is 17.4. The molecule has 0 radical (unpaired) electrons. The first-order valence-electron chi connectivity index (χ1n) is 12.3. The summed E-state index contributed by atoms with van der Waals surface area (Å²) in [5, 5.41) is 41.3. The molecule has 0 aliphatic carbocycles. The summed E-state index contributed by atoms with van der Waals surface area (Å²) in [5.74, 6) is -0.783. The van der Waals surface area contributed by atoms with Gasteiger partial charge in [0.1, 0.15) is 24.4 Å². The molecule has 36 heavy (non-hydrogen) atoms. The summed E-state index contributed by atoms with van der Waals surface area (Å²) in [5.41, 5.74) is 3.89. The summed E-state index contributed by atoms with van der Waals surface area (Å²) < 4.78 is 17.2. The topological polar surface area (TPSA) is 145 Å². The minimum absolute atomic E-state index is 0.0845. The molecule has 1 aromatic carbocycles. The van der Waals surface area contributed by atoms with Gasteiger partial charge in [0.05, 0.1) is 24.5 Å². The Bertz CT molecular complexity index is 1210. The van der Waals surface area contributed by atoms with Gasteiger partial charge in [-0.3, -0.25) is 4.79 Å². The monoisotopic (exact) mass is 498 g/mol. The van der Waals surface area contributed by atoms with Crippen molar-refractivity contribution in [2.24, 2.45) is 11.8 Å². The average Bonchev–Trinajstić information content (AvgIpc) is 3.28. The van der Waals surface area contributed by atoms with Crippen LogP contribution in [0.1, 0.15) is 23.7 Å². The summed E-state index contributed by atoms with van der Waals surface area (Å²) in [7, 11) is 0. The summed E-state index contributed by atoms with van der Waals surface area (Å²) in [6.07, 6.45) is -3.53. The van der Waals surface area contributed by atoms with E-state index in [9.17, 15) is 25.2 Å². The Morgan fingerprint density at radius 1 is 1.17 bits per heavy atom. The first-order valence-corrected chi connectivity index (χ1v) is 12.3.